The smallest absolute Gasteiger partial charge is 0.147 e. The Morgan fingerprint density at radius 2 is 1.82 bits per heavy atom. The summed E-state index contributed by atoms with van der Waals surface area (Å²) in [6.07, 6.45) is 7.05. The number of anilines is 1. The van der Waals surface area contributed by atoms with Gasteiger partial charge in [0.05, 0.1) is 23.3 Å². The lowest BCUT2D eigenvalue weighted by Crippen LogP contribution is -2.57. The normalized spacial score (nSPS) is 26.8. The van der Waals surface area contributed by atoms with Crippen LogP contribution in [0.4, 0.5) is 5.82 Å². The number of benzene rings is 1. The Bertz CT molecular complexity index is 815. The Kier molecular flexibility index (Phi) is 4.95. The average Bonchev–Trinajstić information content (AvgIpc) is 2.74. The summed E-state index contributed by atoms with van der Waals surface area (Å²) >= 11 is 0. The summed E-state index contributed by atoms with van der Waals surface area (Å²) in [6.45, 7) is 5.64. The molecule has 3 fully saturated rings. The van der Waals surface area contributed by atoms with Crippen LogP contribution in [0, 0.1) is 5.41 Å². The maximum atomic E-state index is 10.6. The standard InChI is InChI=1S/C22H30N4O2/c27-18-13-22(16-26(15-18)17-5-11-28-12-6-17)7-9-25(10-8-22)21-14-23-19-3-1-2-4-20(19)24-21/h1-4,14,17-18,27H,5-13,15-16H2. The molecule has 1 atom stereocenters. The lowest BCUT2D eigenvalue weighted by molar-refractivity contribution is -0.0602. The van der Waals surface area contributed by atoms with Crippen LogP contribution in [0.5, 0.6) is 0 Å². The molecule has 0 saturated carbocycles. The summed E-state index contributed by atoms with van der Waals surface area (Å²) in [4.78, 5) is 14.3. The predicted octanol–water partition coefficient (Wildman–Crippen LogP) is 2.46. The van der Waals surface area contributed by atoms with Crippen LogP contribution in [0.2, 0.25) is 0 Å². The number of likely N-dealkylation sites (tertiary alicyclic amines) is 1. The van der Waals surface area contributed by atoms with E-state index in [4.69, 9.17) is 9.72 Å². The average molecular weight is 383 g/mol. The van der Waals surface area contributed by atoms with E-state index < -0.39 is 0 Å². The number of β-amino-alcohol motifs (C(OH)–C–C–N with tert-alkyl or cyclic N) is 1. The number of aliphatic hydroxyl groups is 1. The van der Waals surface area contributed by atoms with Gasteiger partial charge in [0.15, 0.2) is 0 Å². The van der Waals surface area contributed by atoms with Crippen molar-refractivity contribution in [3.05, 3.63) is 30.5 Å². The Morgan fingerprint density at radius 3 is 2.61 bits per heavy atom. The van der Waals surface area contributed by atoms with Gasteiger partial charge in [0.25, 0.3) is 0 Å². The van der Waals surface area contributed by atoms with Crippen molar-refractivity contribution in [1.82, 2.24) is 14.9 Å². The molecular weight excluding hydrogens is 352 g/mol. The summed E-state index contributed by atoms with van der Waals surface area (Å²) in [5.74, 6) is 0.978. The molecule has 150 valence electrons. The van der Waals surface area contributed by atoms with E-state index >= 15 is 0 Å². The molecule has 1 N–H and O–H groups in total. The molecule has 2 aromatic rings. The van der Waals surface area contributed by atoms with Crippen LogP contribution in [0.1, 0.15) is 32.1 Å². The summed E-state index contributed by atoms with van der Waals surface area (Å²) in [6, 6.07) is 8.62. The van der Waals surface area contributed by atoms with Crippen LogP contribution >= 0.6 is 0 Å². The van der Waals surface area contributed by atoms with Crippen LogP contribution in [-0.2, 0) is 4.74 Å². The second kappa shape index (κ2) is 7.58. The Balaban J connectivity index is 1.28. The van der Waals surface area contributed by atoms with Crippen LogP contribution < -0.4 is 4.90 Å². The lowest BCUT2D eigenvalue weighted by Gasteiger charge is -2.51. The molecular formula is C22H30N4O2. The molecule has 1 aromatic carbocycles. The van der Waals surface area contributed by atoms with E-state index in [1.165, 1.54) is 0 Å². The first-order chi connectivity index (χ1) is 13.7. The third-order valence-electron chi connectivity index (χ3n) is 6.94. The molecule has 0 bridgehead atoms. The Morgan fingerprint density at radius 1 is 1.07 bits per heavy atom. The van der Waals surface area contributed by atoms with Gasteiger partial charge in [-0.05, 0) is 49.7 Å². The summed E-state index contributed by atoms with van der Waals surface area (Å²) in [5, 5.41) is 10.6. The molecule has 0 radical (unpaired) electrons. The van der Waals surface area contributed by atoms with Gasteiger partial charge in [-0.15, -0.1) is 0 Å². The molecule has 28 heavy (non-hydrogen) atoms. The van der Waals surface area contributed by atoms with E-state index in [1.54, 1.807) is 0 Å². The number of hydrogen-bond donors (Lipinski definition) is 1. The minimum atomic E-state index is -0.205. The summed E-state index contributed by atoms with van der Waals surface area (Å²) in [5.41, 5.74) is 2.14. The molecule has 1 aromatic heterocycles. The maximum absolute atomic E-state index is 10.6. The fourth-order valence-electron chi connectivity index (χ4n) is 5.40. The number of aromatic nitrogens is 2. The molecule has 3 aliphatic rings. The first kappa shape index (κ1) is 18.3. The van der Waals surface area contributed by atoms with Crippen molar-refractivity contribution in [2.45, 2.75) is 44.2 Å². The van der Waals surface area contributed by atoms with Crippen LogP contribution in [0.25, 0.3) is 11.0 Å². The van der Waals surface area contributed by atoms with Gasteiger partial charge in [-0.1, -0.05) is 12.1 Å². The van der Waals surface area contributed by atoms with E-state index in [0.717, 1.165) is 88.3 Å². The van der Waals surface area contributed by atoms with E-state index in [1.807, 2.05) is 30.5 Å². The summed E-state index contributed by atoms with van der Waals surface area (Å²) in [7, 11) is 0. The first-order valence-corrected chi connectivity index (χ1v) is 10.7. The highest BCUT2D eigenvalue weighted by Crippen LogP contribution is 2.42. The molecule has 1 spiro atoms. The van der Waals surface area contributed by atoms with Gasteiger partial charge < -0.3 is 14.7 Å². The molecule has 6 nitrogen and oxygen atoms in total. The number of nitrogens with zero attached hydrogens (tertiary/aromatic N) is 4. The molecule has 5 rings (SSSR count). The molecule has 1 unspecified atom stereocenters. The number of piperidine rings is 2. The van der Waals surface area contributed by atoms with Crippen LogP contribution in [-0.4, -0.2) is 71.5 Å². The minimum Gasteiger partial charge on any atom is -0.392 e. The van der Waals surface area contributed by atoms with Crippen molar-refractivity contribution in [1.29, 1.82) is 0 Å². The highest BCUT2D eigenvalue weighted by molar-refractivity contribution is 5.75. The number of fused-ring (bicyclic) bond motifs is 1. The zero-order valence-corrected chi connectivity index (χ0v) is 16.5. The molecule has 0 aliphatic carbocycles. The van der Waals surface area contributed by atoms with Gasteiger partial charge in [-0.2, -0.15) is 0 Å². The van der Waals surface area contributed by atoms with Gasteiger partial charge in [0.1, 0.15) is 5.82 Å². The number of ether oxygens (including phenoxy) is 1. The molecule has 3 aliphatic heterocycles. The zero-order chi connectivity index (χ0) is 19.0. The van der Waals surface area contributed by atoms with Crippen LogP contribution in [0.15, 0.2) is 30.5 Å². The highest BCUT2D eigenvalue weighted by Gasteiger charge is 2.43. The first-order valence-electron chi connectivity index (χ1n) is 10.7. The fraction of sp³-hybridized carbons (Fsp3) is 0.636. The minimum absolute atomic E-state index is 0.205. The van der Waals surface area contributed by atoms with Gasteiger partial charge in [0.2, 0.25) is 0 Å². The van der Waals surface area contributed by atoms with Gasteiger partial charge in [-0.3, -0.25) is 9.88 Å². The number of aliphatic hydroxyl groups excluding tert-OH is 1. The monoisotopic (exact) mass is 382 g/mol. The van der Waals surface area contributed by atoms with Gasteiger partial charge in [-0.25, -0.2) is 4.98 Å². The van der Waals surface area contributed by atoms with Crippen molar-refractivity contribution >= 4 is 16.9 Å². The molecule has 0 amide bonds. The third-order valence-corrected chi connectivity index (χ3v) is 6.94. The second-order valence-corrected chi connectivity index (χ2v) is 8.83. The quantitative estimate of drug-likeness (QED) is 0.861. The number of rotatable bonds is 2. The SMILES string of the molecule is OC1CN(C2CCOCC2)CC2(CCN(c3cnc4ccccc4n3)CC2)C1. The van der Waals surface area contributed by atoms with E-state index in [-0.39, 0.29) is 11.5 Å². The Hall–Kier alpha value is -1.76. The van der Waals surface area contributed by atoms with E-state index in [2.05, 4.69) is 14.8 Å². The van der Waals surface area contributed by atoms with Crippen molar-refractivity contribution in [3.8, 4) is 0 Å². The predicted molar refractivity (Wildman–Crippen MR) is 109 cm³/mol. The van der Waals surface area contributed by atoms with Crippen molar-refractivity contribution in [3.63, 3.8) is 0 Å². The highest BCUT2D eigenvalue weighted by atomic mass is 16.5. The van der Waals surface area contributed by atoms with Crippen LogP contribution in [0.3, 0.4) is 0 Å². The second-order valence-electron chi connectivity index (χ2n) is 8.83. The van der Waals surface area contributed by atoms with Gasteiger partial charge in [0, 0.05) is 45.4 Å². The lowest BCUT2D eigenvalue weighted by atomic mass is 9.71. The van der Waals surface area contributed by atoms with Crippen molar-refractivity contribution in [2.75, 3.05) is 44.3 Å². The third kappa shape index (κ3) is 3.61. The van der Waals surface area contributed by atoms with E-state index in [9.17, 15) is 5.11 Å². The van der Waals surface area contributed by atoms with Crippen molar-refractivity contribution in [2.24, 2.45) is 5.41 Å². The fourth-order valence-corrected chi connectivity index (χ4v) is 5.40. The number of para-hydroxylation sites is 2. The van der Waals surface area contributed by atoms with E-state index in [0.29, 0.717) is 6.04 Å². The summed E-state index contributed by atoms with van der Waals surface area (Å²) < 4.78 is 5.54. The topological polar surface area (TPSA) is 61.7 Å². The number of hydrogen-bond acceptors (Lipinski definition) is 6. The van der Waals surface area contributed by atoms with Crippen molar-refractivity contribution < 1.29 is 9.84 Å². The molecule has 4 heterocycles. The van der Waals surface area contributed by atoms with Gasteiger partial charge >= 0.3 is 0 Å². The molecule has 6 heteroatoms. The maximum Gasteiger partial charge on any atom is 0.147 e. The zero-order valence-electron chi connectivity index (χ0n) is 16.5. The Labute approximate surface area is 166 Å². The molecule has 3 saturated heterocycles. The largest absolute Gasteiger partial charge is 0.392 e.